The molecule has 0 aliphatic carbocycles. The van der Waals surface area contributed by atoms with Gasteiger partial charge in [-0.3, -0.25) is 4.90 Å². The maximum Gasteiger partial charge on any atom is 0.132 e. The summed E-state index contributed by atoms with van der Waals surface area (Å²) < 4.78 is 1.90. The van der Waals surface area contributed by atoms with Crippen molar-refractivity contribution in [3.05, 3.63) is 76.6 Å². The van der Waals surface area contributed by atoms with Crippen molar-refractivity contribution in [1.29, 1.82) is 0 Å². The van der Waals surface area contributed by atoms with Gasteiger partial charge in [-0.2, -0.15) is 5.10 Å². The molecule has 6 heteroatoms. The van der Waals surface area contributed by atoms with Gasteiger partial charge in [-0.15, -0.1) is 0 Å². The van der Waals surface area contributed by atoms with Crippen molar-refractivity contribution in [2.24, 2.45) is 0 Å². The van der Waals surface area contributed by atoms with Crippen molar-refractivity contribution in [2.75, 3.05) is 31.1 Å². The van der Waals surface area contributed by atoms with Crippen LogP contribution < -0.4 is 4.90 Å². The molecule has 5 nitrogen and oxygen atoms in total. The molecule has 28 heavy (non-hydrogen) atoms. The van der Waals surface area contributed by atoms with Gasteiger partial charge in [0.1, 0.15) is 10.9 Å². The highest BCUT2D eigenvalue weighted by Crippen LogP contribution is 2.24. The number of rotatable bonds is 5. The average Bonchev–Trinajstić information content (AvgIpc) is 2.97. The van der Waals surface area contributed by atoms with E-state index in [0.717, 1.165) is 54.8 Å². The van der Waals surface area contributed by atoms with Crippen LogP contribution in [0.15, 0.2) is 54.6 Å². The number of aromatic nitrogens is 2. The Morgan fingerprint density at radius 3 is 2.29 bits per heavy atom. The van der Waals surface area contributed by atoms with Gasteiger partial charge < -0.3 is 10.0 Å². The summed E-state index contributed by atoms with van der Waals surface area (Å²) in [5.74, 6) is 0.306. The minimum absolute atomic E-state index is 0.306. The molecule has 0 amide bonds. The topological polar surface area (TPSA) is 44.5 Å². The van der Waals surface area contributed by atoms with Crippen LogP contribution in [0.3, 0.4) is 0 Å². The van der Waals surface area contributed by atoms with Crippen LogP contribution in [-0.2, 0) is 13.1 Å². The van der Waals surface area contributed by atoms with E-state index in [1.807, 2.05) is 41.9 Å². The molecule has 2 aromatic carbocycles. The standard InChI is InChI=1S/C22H25ClN4O/c1-17-21(22(23)27(24-17)15-18-5-3-2-4-6-18)16-25-11-13-26(14-12-25)19-7-9-20(28)10-8-19/h2-10,28H,11-16H2,1H3. The summed E-state index contributed by atoms with van der Waals surface area (Å²) in [6, 6.07) is 17.7. The second-order valence-corrected chi connectivity index (χ2v) is 7.64. The number of hydrogen-bond donors (Lipinski definition) is 1. The van der Waals surface area contributed by atoms with Crippen molar-refractivity contribution in [3.8, 4) is 5.75 Å². The maximum absolute atomic E-state index is 9.46. The molecule has 1 saturated heterocycles. The van der Waals surface area contributed by atoms with Crippen molar-refractivity contribution < 1.29 is 5.11 Å². The summed E-state index contributed by atoms with van der Waals surface area (Å²) in [5.41, 5.74) is 4.47. The smallest absolute Gasteiger partial charge is 0.132 e. The first-order valence-corrected chi connectivity index (χ1v) is 10.00. The SMILES string of the molecule is Cc1nn(Cc2ccccc2)c(Cl)c1CN1CCN(c2ccc(O)cc2)CC1. The number of aromatic hydroxyl groups is 1. The fourth-order valence-corrected chi connectivity index (χ4v) is 3.98. The summed E-state index contributed by atoms with van der Waals surface area (Å²) in [4.78, 5) is 4.78. The van der Waals surface area contributed by atoms with Crippen LogP contribution in [-0.4, -0.2) is 46.0 Å². The van der Waals surface area contributed by atoms with E-state index in [9.17, 15) is 5.11 Å². The van der Waals surface area contributed by atoms with Gasteiger partial charge in [0.15, 0.2) is 0 Å². The van der Waals surface area contributed by atoms with Crippen molar-refractivity contribution in [1.82, 2.24) is 14.7 Å². The second-order valence-electron chi connectivity index (χ2n) is 7.28. The van der Waals surface area contributed by atoms with E-state index in [2.05, 4.69) is 27.0 Å². The molecule has 0 unspecified atom stereocenters. The van der Waals surface area contributed by atoms with E-state index in [4.69, 9.17) is 11.6 Å². The van der Waals surface area contributed by atoms with E-state index in [1.165, 1.54) is 5.56 Å². The zero-order valence-electron chi connectivity index (χ0n) is 16.1. The lowest BCUT2D eigenvalue weighted by atomic mass is 10.2. The van der Waals surface area contributed by atoms with Crippen LogP contribution in [0.4, 0.5) is 5.69 Å². The molecular formula is C22H25ClN4O. The van der Waals surface area contributed by atoms with Crippen LogP contribution >= 0.6 is 11.6 Å². The molecule has 1 fully saturated rings. The maximum atomic E-state index is 9.46. The molecule has 1 aromatic heterocycles. The Bertz CT molecular complexity index is 916. The minimum Gasteiger partial charge on any atom is -0.508 e. The van der Waals surface area contributed by atoms with Crippen molar-refractivity contribution in [2.45, 2.75) is 20.0 Å². The van der Waals surface area contributed by atoms with Crippen LogP contribution in [0, 0.1) is 6.92 Å². The Labute approximate surface area is 170 Å². The fraction of sp³-hybridized carbons (Fsp3) is 0.318. The van der Waals surface area contributed by atoms with E-state index in [0.29, 0.717) is 12.3 Å². The molecule has 0 bridgehead atoms. The van der Waals surface area contributed by atoms with Gasteiger partial charge in [0.2, 0.25) is 0 Å². The van der Waals surface area contributed by atoms with Crippen LogP contribution in [0.25, 0.3) is 0 Å². The number of phenolic OH excluding ortho intramolecular Hbond substituents is 1. The molecule has 2 heterocycles. The molecular weight excluding hydrogens is 372 g/mol. The Hall–Kier alpha value is -2.50. The molecule has 3 aromatic rings. The third-order valence-electron chi connectivity index (χ3n) is 5.33. The third-order valence-corrected chi connectivity index (χ3v) is 5.75. The molecule has 0 spiro atoms. The van der Waals surface area contributed by atoms with Gasteiger partial charge >= 0.3 is 0 Å². The molecule has 0 atom stereocenters. The van der Waals surface area contributed by atoms with E-state index < -0.39 is 0 Å². The first-order valence-electron chi connectivity index (χ1n) is 9.62. The van der Waals surface area contributed by atoms with Crippen molar-refractivity contribution in [3.63, 3.8) is 0 Å². The Morgan fingerprint density at radius 2 is 1.61 bits per heavy atom. The highest BCUT2D eigenvalue weighted by Gasteiger charge is 2.21. The van der Waals surface area contributed by atoms with Gasteiger partial charge in [0, 0.05) is 44.0 Å². The van der Waals surface area contributed by atoms with Gasteiger partial charge in [-0.05, 0) is 36.8 Å². The average molecular weight is 397 g/mol. The lowest BCUT2D eigenvalue weighted by Gasteiger charge is -2.36. The first kappa shape index (κ1) is 18.8. The largest absolute Gasteiger partial charge is 0.508 e. The third kappa shape index (κ3) is 4.16. The monoisotopic (exact) mass is 396 g/mol. The number of hydrogen-bond acceptors (Lipinski definition) is 4. The molecule has 1 aliphatic heterocycles. The van der Waals surface area contributed by atoms with Crippen molar-refractivity contribution >= 4 is 17.3 Å². The predicted molar refractivity (Wildman–Crippen MR) is 113 cm³/mol. The number of halogens is 1. The molecule has 0 radical (unpaired) electrons. The van der Waals surface area contributed by atoms with Gasteiger partial charge in [-0.1, -0.05) is 41.9 Å². The normalized spacial score (nSPS) is 15.1. The summed E-state index contributed by atoms with van der Waals surface area (Å²) in [6.45, 7) is 7.41. The predicted octanol–water partition coefficient (Wildman–Crippen LogP) is 3.92. The zero-order chi connectivity index (χ0) is 19.5. The van der Waals surface area contributed by atoms with E-state index in [-0.39, 0.29) is 0 Å². The van der Waals surface area contributed by atoms with Crippen LogP contribution in [0.2, 0.25) is 5.15 Å². The summed E-state index contributed by atoms with van der Waals surface area (Å²) in [6.07, 6.45) is 0. The van der Waals surface area contributed by atoms with E-state index in [1.54, 1.807) is 12.1 Å². The Morgan fingerprint density at radius 1 is 0.929 bits per heavy atom. The quantitative estimate of drug-likeness (QED) is 0.709. The lowest BCUT2D eigenvalue weighted by molar-refractivity contribution is 0.249. The number of aryl methyl sites for hydroxylation is 1. The van der Waals surface area contributed by atoms with Gasteiger partial charge in [0.25, 0.3) is 0 Å². The number of phenols is 1. The number of piperazine rings is 1. The number of benzene rings is 2. The molecule has 0 saturated carbocycles. The van der Waals surface area contributed by atoms with Gasteiger partial charge in [0.05, 0.1) is 12.2 Å². The lowest BCUT2D eigenvalue weighted by Crippen LogP contribution is -2.46. The first-order chi connectivity index (χ1) is 13.6. The Balaban J connectivity index is 1.39. The molecule has 1 N–H and O–H groups in total. The molecule has 146 valence electrons. The summed E-state index contributed by atoms with van der Waals surface area (Å²) >= 11 is 6.68. The fourth-order valence-electron chi connectivity index (χ4n) is 3.68. The molecule has 4 rings (SSSR count). The highest BCUT2D eigenvalue weighted by molar-refractivity contribution is 6.30. The van der Waals surface area contributed by atoms with Gasteiger partial charge in [-0.25, -0.2) is 4.68 Å². The van der Waals surface area contributed by atoms with E-state index >= 15 is 0 Å². The highest BCUT2D eigenvalue weighted by atomic mass is 35.5. The zero-order valence-corrected chi connectivity index (χ0v) is 16.8. The van der Waals surface area contributed by atoms with Crippen LogP contribution in [0.5, 0.6) is 5.75 Å². The second kappa shape index (κ2) is 8.25. The summed E-state index contributed by atoms with van der Waals surface area (Å²) in [7, 11) is 0. The Kier molecular flexibility index (Phi) is 5.55. The minimum atomic E-state index is 0.306. The van der Waals surface area contributed by atoms with Crippen LogP contribution in [0.1, 0.15) is 16.8 Å². The number of anilines is 1. The molecule has 1 aliphatic rings. The number of nitrogens with zero attached hydrogens (tertiary/aromatic N) is 4. The summed E-state index contributed by atoms with van der Waals surface area (Å²) in [5, 5.41) is 14.9.